The Morgan fingerprint density at radius 1 is 0.862 bits per heavy atom. The second-order valence-corrected chi connectivity index (χ2v) is 6.45. The van der Waals surface area contributed by atoms with Gasteiger partial charge in [0.2, 0.25) is 0 Å². The molecule has 29 heavy (non-hydrogen) atoms. The number of nitrogens with one attached hydrogen (secondary N) is 3. The molecule has 7 heteroatoms. The molecule has 4 aromatic rings. The molecule has 0 aliphatic heterocycles. The van der Waals surface area contributed by atoms with Gasteiger partial charge in [-0.1, -0.05) is 60.7 Å². The van der Waals surface area contributed by atoms with Gasteiger partial charge in [0.25, 0.3) is 11.8 Å². The quantitative estimate of drug-likeness (QED) is 0.461. The largest absolute Gasteiger partial charge is 0.339 e. The number of hydrogen-bond donors (Lipinski definition) is 3. The molecule has 0 bridgehead atoms. The Balaban J connectivity index is 1.39. The van der Waals surface area contributed by atoms with Gasteiger partial charge in [-0.2, -0.15) is 5.10 Å². The number of hydrogen-bond acceptors (Lipinski definition) is 3. The van der Waals surface area contributed by atoms with E-state index in [2.05, 4.69) is 21.0 Å². The Morgan fingerprint density at radius 2 is 1.55 bits per heavy atom. The van der Waals surface area contributed by atoms with Crippen molar-refractivity contribution in [3.8, 4) is 11.3 Å². The highest BCUT2D eigenvalue weighted by Crippen LogP contribution is 2.16. The van der Waals surface area contributed by atoms with Gasteiger partial charge in [-0.05, 0) is 23.8 Å². The highest BCUT2D eigenvalue weighted by Gasteiger charge is 2.15. The number of benzene rings is 2. The molecule has 4 rings (SSSR count). The van der Waals surface area contributed by atoms with Crippen molar-refractivity contribution < 1.29 is 9.59 Å². The zero-order chi connectivity index (χ0) is 20.1. The molecule has 2 amide bonds. The highest BCUT2D eigenvalue weighted by atomic mass is 16.2. The van der Waals surface area contributed by atoms with Crippen molar-refractivity contribution in [1.29, 1.82) is 0 Å². The molecule has 2 aromatic carbocycles. The molecule has 0 fully saturated rings. The normalized spacial score (nSPS) is 10.5. The van der Waals surface area contributed by atoms with E-state index in [9.17, 15) is 9.59 Å². The molecule has 7 nitrogen and oxygen atoms in total. The number of aromatic nitrogens is 3. The Hall–Kier alpha value is -4.13. The number of carbonyl (C=O) groups excluding carboxylic acids is 2. The van der Waals surface area contributed by atoms with Crippen LogP contribution in [0.25, 0.3) is 11.3 Å². The summed E-state index contributed by atoms with van der Waals surface area (Å²) in [5.74, 6) is -0.878. The zero-order valence-corrected chi connectivity index (χ0v) is 15.5. The van der Waals surface area contributed by atoms with Crippen LogP contribution in [0.1, 0.15) is 26.5 Å². The van der Waals surface area contributed by atoms with Crippen molar-refractivity contribution in [2.75, 3.05) is 0 Å². The Labute approximate surface area is 167 Å². The Bertz CT molecular complexity index is 1120. The first kappa shape index (κ1) is 18.2. The van der Waals surface area contributed by atoms with Gasteiger partial charge in [0.1, 0.15) is 11.4 Å². The lowest BCUT2D eigenvalue weighted by atomic mass is 10.1. The van der Waals surface area contributed by atoms with E-state index in [1.54, 1.807) is 18.2 Å². The first-order chi connectivity index (χ1) is 14.2. The van der Waals surface area contributed by atoms with Gasteiger partial charge in [-0.15, -0.1) is 0 Å². The summed E-state index contributed by atoms with van der Waals surface area (Å²) in [6.07, 6.45) is 1.82. The molecule has 0 saturated carbocycles. The van der Waals surface area contributed by atoms with Crippen molar-refractivity contribution in [2.24, 2.45) is 0 Å². The standard InChI is InChI=1S/C22H19N5O2/c28-21(19-14-18(23-24-19)17-10-5-2-6-11-17)25-26-22(29)20-12-7-13-27(20)15-16-8-3-1-4-9-16/h1-14H,15H2,(H,23,24)(H,25,28)(H,26,29). The smallest absolute Gasteiger partial charge is 0.287 e. The summed E-state index contributed by atoms with van der Waals surface area (Å²) in [7, 11) is 0. The average molecular weight is 385 g/mol. The van der Waals surface area contributed by atoms with Crippen molar-refractivity contribution in [3.05, 3.63) is 102 Å². The van der Waals surface area contributed by atoms with Gasteiger partial charge in [0.05, 0.1) is 5.69 Å². The number of rotatable bonds is 5. The molecule has 0 aliphatic rings. The molecule has 3 N–H and O–H groups in total. The van der Waals surface area contributed by atoms with E-state index >= 15 is 0 Å². The number of aromatic amines is 1. The minimum Gasteiger partial charge on any atom is -0.339 e. The van der Waals surface area contributed by atoms with Crippen LogP contribution in [-0.2, 0) is 6.54 Å². The third kappa shape index (κ3) is 4.24. The van der Waals surface area contributed by atoms with Crippen LogP contribution in [0.5, 0.6) is 0 Å². The third-order valence-electron chi connectivity index (χ3n) is 4.44. The fraction of sp³-hybridized carbons (Fsp3) is 0.0455. The van der Waals surface area contributed by atoms with Crippen LogP contribution in [0.15, 0.2) is 85.1 Å². The van der Waals surface area contributed by atoms with Crippen LogP contribution in [-0.4, -0.2) is 26.6 Å². The van der Waals surface area contributed by atoms with Crippen LogP contribution in [0.3, 0.4) is 0 Å². The van der Waals surface area contributed by atoms with Gasteiger partial charge in [-0.25, -0.2) is 0 Å². The molecule has 2 heterocycles. The van der Waals surface area contributed by atoms with Gasteiger partial charge in [0.15, 0.2) is 0 Å². The summed E-state index contributed by atoms with van der Waals surface area (Å²) >= 11 is 0. The maximum absolute atomic E-state index is 12.5. The van der Waals surface area contributed by atoms with E-state index in [4.69, 9.17) is 0 Å². The maximum Gasteiger partial charge on any atom is 0.287 e. The van der Waals surface area contributed by atoms with E-state index < -0.39 is 11.8 Å². The first-order valence-electron chi connectivity index (χ1n) is 9.11. The predicted molar refractivity (Wildman–Crippen MR) is 109 cm³/mol. The third-order valence-corrected chi connectivity index (χ3v) is 4.44. The molecule has 0 radical (unpaired) electrons. The van der Waals surface area contributed by atoms with Crippen LogP contribution < -0.4 is 10.9 Å². The van der Waals surface area contributed by atoms with E-state index in [-0.39, 0.29) is 5.69 Å². The fourth-order valence-corrected chi connectivity index (χ4v) is 2.98. The Kier molecular flexibility index (Phi) is 5.20. The predicted octanol–water partition coefficient (Wildman–Crippen LogP) is 3.00. The van der Waals surface area contributed by atoms with Gasteiger partial charge >= 0.3 is 0 Å². The summed E-state index contributed by atoms with van der Waals surface area (Å²) in [4.78, 5) is 24.8. The number of nitrogens with zero attached hydrogens (tertiary/aromatic N) is 2. The van der Waals surface area contributed by atoms with Crippen LogP contribution >= 0.6 is 0 Å². The summed E-state index contributed by atoms with van der Waals surface area (Å²) in [6.45, 7) is 0.561. The highest BCUT2D eigenvalue weighted by molar-refractivity contribution is 5.98. The first-order valence-corrected chi connectivity index (χ1v) is 9.11. The molecular formula is C22H19N5O2. The summed E-state index contributed by atoms with van der Waals surface area (Å²) in [5.41, 5.74) is 8.20. The second-order valence-electron chi connectivity index (χ2n) is 6.45. The van der Waals surface area contributed by atoms with Crippen molar-refractivity contribution in [3.63, 3.8) is 0 Å². The van der Waals surface area contributed by atoms with Crippen molar-refractivity contribution in [2.45, 2.75) is 6.54 Å². The van der Waals surface area contributed by atoms with Crippen LogP contribution in [0.4, 0.5) is 0 Å². The topological polar surface area (TPSA) is 91.8 Å². The number of hydrazine groups is 1. The lowest BCUT2D eigenvalue weighted by Crippen LogP contribution is -2.42. The zero-order valence-electron chi connectivity index (χ0n) is 15.5. The molecule has 144 valence electrons. The summed E-state index contributed by atoms with van der Waals surface area (Å²) in [5, 5.41) is 6.83. The molecule has 0 saturated heterocycles. The summed E-state index contributed by atoms with van der Waals surface area (Å²) < 4.78 is 1.82. The van der Waals surface area contributed by atoms with Crippen LogP contribution in [0.2, 0.25) is 0 Å². The van der Waals surface area contributed by atoms with Crippen LogP contribution in [0, 0.1) is 0 Å². The number of H-pyrrole nitrogens is 1. The maximum atomic E-state index is 12.5. The van der Waals surface area contributed by atoms with E-state index in [1.807, 2.05) is 71.4 Å². The van der Waals surface area contributed by atoms with Gasteiger partial charge < -0.3 is 4.57 Å². The summed E-state index contributed by atoms with van der Waals surface area (Å²) in [6, 6.07) is 24.5. The SMILES string of the molecule is O=C(NNC(=O)c1cccn1Cc1ccccc1)c1cc(-c2ccccc2)n[nH]1. The van der Waals surface area contributed by atoms with E-state index in [0.29, 0.717) is 17.9 Å². The van der Waals surface area contributed by atoms with Crippen molar-refractivity contribution >= 4 is 11.8 Å². The average Bonchev–Trinajstić information content (AvgIpc) is 3.43. The molecule has 0 atom stereocenters. The van der Waals surface area contributed by atoms with Gasteiger partial charge in [0, 0.05) is 18.3 Å². The number of amides is 2. The number of carbonyl (C=O) groups is 2. The molecule has 0 aliphatic carbocycles. The molecule has 0 spiro atoms. The minimum atomic E-state index is -0.478. The molecule has 0 unspecified atom stereocenters. The lowest BCUT2D eigenvalue weighted by Gasteiger charge is -2.10. The minimum absolute atomic E-state index is 0.254. The monoisotopic (exact) mass is 385 g/mol. The van der Waals surface area contributed by atoms with E-state index in [1.165, 1.54) is 0 Å². The lowest BCUT2D eigenvalue weighted by molar-refractivity contribution is 0.0839. The van der Waals surface area contributed by atoms with Gasteiger partial charge in [-0.3, -0.25) is 25.5 Å². The Morgan fingerprint density at radius 3 is 2.31 bits per heavy atom. The molecule has 2 aromatic heterocycles. The molecular weight excluding hydrogens is 366 g/mol. The van der Waals surface area contributed by atoms with E-state index in [0.717, 1.165) is 11.1 Å². The van der Waals surface area contributed by atoms with Crippen molar-refractivity contribution in [1.82, 2.24) is 25.6 Å². The second kappa shape index (κ2) is 8.26. The fourth-order valence-electron chi connectivity index (χ4n) is 2.98.